The van der Waals surface area contributed by atoms with Crippen LogP contribution in [0.4, 0.5) is 0 Å². The molecule has 2 aliphatic rings. The van der Waals surface area contributed by atoms with Crippen LogP contribution in [0.5, 0.6) is 0 Å². The largest absolute Gasteiger partial charge is 0.298 e. The summed E-state index contributed by atoms with van der Waals surface area (Å²) in [5, 5.41) is 0. The number of ketones is 1. The highest BCUT2D eigenvalue weighted by atomic mass is 127. The fraction of sp³-hybridized carbons (Fsp3) is 0.680. The third kappa shape index (κ3) is 3.40. The standard InChI is InChI=1S/C25H35IO2/c1-15(2)17-13-16-9-10-20-24(6,19(16)14-18(17)21(26)27)11-8-12-25(20,7)22(28)23(3,4)5/h13-15,20H,8-12H2,1-7H3. The molecule has 2 aliphatic carbocycles. The molecule has 3 unspecified atom stereocenters. The lowest BCUT2D eigenvalue weighted by Gasteiger charge is -2.56. The van der Waals surface area contributed by atoms with E-state index in [-0.39, 0.29) is 20.0 Å². The first-order valence-corrected chi connectivity index (χ1v) is 11.8. The predicted octanol–water partition coefficient (Wildman–Crippen LogP) is 7.01. The number of aryl methyl sites for hydroxylation is 1. The van der Waals surface area contributed by atoms with E-state index in [0.717, 1.165) is 37.7 Å². The van der Waals surface area contributed by atoms with Crippen LogP contribution in [0.2, 0.25) is 0 Å². The number of hydrogen-bond acceptors (Lipinski definition) is 2. The van der Waals surface area contributed by atoms with Crippen molar-refractivity contribution in [1.29, 1.82) is 0 Å². The summed E-state index contributed by atoms with van der Waals surface area (Å²) in [5.41, 5.74) is 4.14. The minimum Gasteiger partial charge on any atom is -0.298 e. The van der Waals surface area contributed by atoms with E-state index in [0.29, 0.717) is 17.6 Å². The van der Waals surface area contributed by atoms with Crippen molar-refractivity contribution in [2.75, 3.05) is 0 Å². The van der Waals surface area contributed by atoms with Crippen molar-refractivity contribution in [3.8, 4) is 0 Å². The Morgan fingerprint density at radius 2 is 1.79 bits per heavy atom. The van der Waals surface area contributed by atoms with Gasteiger partial charge in [-0.2, -0.15) is 0 Å². The van der Waals surface area contributed by atoms with Crippen LogP contribution in [0.3, 0.4) is 0 Å². The van der Waals surface area contributed by atoms with E-state index in [1.54, 1.807) is 0 Å². The average Bonchev–Trinajstić information content (AvgIpc) is 2.58. The molecular weight excluding hydrogens is 459 g/mol. The molecule has 0 saturated heterocycles. The van der Waals surface area contributed by atoms with E-state index in [4.69, 9.17) is 0 Å². The second kappa shape index (κ2) is 7.21. The van der Waals surface area contributed by atoms with Crippen LogP contribution in [0.1, 0.15) is 107 Å². The first-order valence-electron chi connectivity index (χ1n) is 10.7. The van der Waals surface area contributed by atoms with Gasteiger partial charge in [0.15, 0.2) is 0 Å². The zero-order valence-corrected chi connectivity index (χ0v) is 20.7. The molecule has 1 aromatic rings. The van der Waals surface area contributed by atoms with Crippen LogP contribution in [0, 0.1) is 16.7 Å². The minimum absolute atomic E-state index is 0.0299. The molecule has 3 rings (SSSR count). The van der Waals surface area contributed by atoms with Gasteiger partial charge in [-0.1, -0.05) is 61.0 Å². The maximum atomic E-state index is 13.5. The zero-order valence-electron chi connectivity index (χ0n) is 18.5. The Balaban J connectivity index is 2.16. The van der Waals surface area contributed by atoms with E-state index >= 15 is 0 Å². The van der Waals surface area contributed by atoms with Gasteiger partial charge in [-0.05, 0) is 65.7 Å². The van der Waals surface area contributed by atoms with E-state index < -0.39 is 0 Å². The van der Waals surface area contributed by atoms with Gasteiger partial charge in [0, 0.05) is 39.0 Å². The van der Waals surface area contributed by atoms with E-state index in [1.165, 1.54) is 16.7 Å². The zero-order chi connectivity index (χ0) is 21.1. The lowest BCUT2D eigenvalue weighted by Crippen LogP contribution is -2.54. The van der Waals surface area contributed by atoms with Gasteiger partial charge in [0.05, 0.1) is 0 Å². The van der Waals surface area contributed by atoms with E-state index in [9.17, 15) is 9.59 Å². The van der Waals surface area contributed by atoms with Gasteiger partial charge in [-0.3, -0.25) is 9.59 Å². The molecular formula is C25H35IO2. The maximum absolute atomic E-state index is 13.5. The summed E-state index contributed by atoms with van der Waals surface area (Å²) < 4.78 is 0.124. The lowest BCUT2D eigenvalue weighted by molar-refractivity contribution is -0.144. The van der Waals surface area contributed by atoms with Crippen LogP contribution in [0.15, 0.2) is 12.1 Å². The SMILES string of the molecule is CC(C)c1cc2c(cc1C(=O)I)C1(C)CCCC(C)(C(=O)C(C)(C)C)C1CC2. The molecule has 0 spiro atoms. The van der Waals surface area contributed by atoms with Gasteiger partial charge < -0.3 is 0 Å². The van der Waals surface area contributed by atoms with Gasteiger partial charge in [0.25, 0.3) is 0 Å². The molecule has 154 valence electrons. The summed E-state index contributed by atoms with van der Waals surface area (Å²) in [4.78, 5) is 25.9. The van der Waals surface area contributed by atoms with Gasteiger partial charge in [-0.25, -0.2) is 0 Å². The molecule has 28 heavy (non-hydrogen) atoms. The molecule has 1 saturated carbocycles. The third-order valence-electron chi connectivity index (χ3n) is 7.56. The Morgan fingerprint density at radius 3 is 2.32 bits per heavy atom. The molecule has 1 fully saturated rings. The first kappa shape index (κ1) is 22.0. The summed E-state index contributed by atoms with van der Waals surface area (Å²) in [6.07, 6.45) is 5.24. The van der Waals surface area contributed by atoms with Crippen LogP contribution in [0.25, 0.3) is 0 Å². The van der Waals surface area contributed by atoms with Crippen molar-refractivity contribution in [3.63, 3.8) is 0 Å². The smallest absolute Gasteiger partial charge is 0.222 e. The molecule has 0 aliphatic heterocycles. The monoisotopic (exact) mass is 494 g/mol. The molecule has 0 bridgehead atoms. The molecule has 0 radical (unpaired) electrons. The fourth-order valence-electron chi connectivity index (χ4n) is 6.31. The van der Waals surface area contributed by atoms with Gasteiger partial charge in [-0.15, -0.1) is 0 Å². The Labute approximate surface area is 184 Å². The summed E-state index contributed by atoms with van der Waals surface area (Å²) in [6, 6.07) is 4.49. The Bertz CT molecular complexity index is 817. The summed E-state index contributed by atoms with van der Waals surface area (Å²) in [7, 11) is 0. The van der Waals surface area contributed by atoms with Gasteiger partial charge in [0.2, 0.25) is 3.79 Å². The van der Waals surface area contributed by atoms with Crippen molar-refractivity contribution in [2.45, 2.75) is 91.9 Å². The number of Topliss-reactive ketones (excluding diaryl/α,β-unsaturated/α-hetero) is 1. The fourth-order valence-corrected chi connectivity index (χ4v) is 6.78. The quantitative estimate of drug-likeness (QED) is 0.335. The number of halogens is 1. The Morgan fingerprint density at radius 1 is 1.14 bits per heavy atom. The summed E-state index contributed by atoms with van der Waals surface area (Å²) in [6.45, 7) is 15.1. The summed E-state index contributed by atoms with van der Waals surface area (Å²) >= 11 is 1.93. The Kier molecular flexibility index (Phi) is 5.66. The number of benzene rings is 1. The molecule has 0 amide bonds. The third-order valence-corrected chi connectivity index (χ3v) is 8.14. The van der Waals surface area contributed by atoms with Crippen molar-refractivity contribution in [2.24, 2.45) is 16.7 Å². The number of carbonyl (C=O) groups excluding carboxylic acids is 2. The average molecular weight is 494 g/mol. The number of fused-ring (bicyclic) bond motifs is 3. The second-order valence-electron chi connectivity index (χ2n) is 10.9. The van der Waals surface area contributed by atoms with Crippen LogP contribution >= 0.6 is 22.6 Å². The van der Waals surface area contributed by atoms with E-state index in [1.807, 2.05) is 22.6 Å². The highest BCUT2D eigenvalue weighted by Crippen LogP contribution is 2.59. The Hall–Kier alpha value is -0.710. The van der Waals surface area contributed by atoms with Crippen molar-refractivity contribution < 1.29 is 9.59 Å². The van der Waals surface area contributed by atoms with Crippen molar-refractivity contribution in [3.05, 3.63) is 34.4 Å². The number of carbonyl (C=O) groups is 2. The predicted molar refractivity (Wildman–Crippen MR) is 124 cm³/mol. The van der Waals surface area contributed by atoms with Crippen LogP contribution in [-0.2, 0) is 16.6 Å². The normalized spacial score (nSPS) is 30.0. The van der Waals surface area contributed by atoms with Gasteiger partial charge in [0.1, 0.15) is 5.78 Å². The molecule has 0 heterocycles. The highest BCUT2D eigenvalue weighted by molar-refractivity contribution is 14.1. The van der Waals surface area contributed by atoms with Gasteiger partial charge >= 0.3 is 0 Å². The molecule has 3 atom stereocenters. The molecule has 0 N–H and O–H groups in total. The topological polar surface area (TPSA) is 34.1 Å². The number of rotatable bonds is 3. The number of hydrogen-bond donors (Lipinski definition) is 0. The van der Waals surface area contributed by atoms with Crippen molar-refractivity contribution >= 4 is 32.2 Å². The minimum atomic E-state index is -0.321. The second-order valence-corrected chi connectivity index (χ2v) is 11.9. The van der Waals surface area contributed by atoms with Crippen LogP contribution in [-0.4, -0.2) is 9.57 Å². The van der Waals surface area contributed by atoms with Crippen molar-refractivity contribution in [1.82, 2.24) is 0 Å². The molecule has 1 aromatic carbocycles. The van der Waals surface area contributed by atoms with Crippen LogP contribution < -0.4 is 0 Å². The van der Waals surface area contributed by atoms with E-state index in [2.05, 4.69) is 60.6 Å². The molecule has 3 heteroatoms. The highest BCUT2D eigenvalue weighted by Gasteiger charge is 2.56. The summed E-state index contributed by atoms with van der Waals surface area (Å²) in [5.74, 6) is 1.09. The maximum Gasteiger partial charge on any atom is 0.222 e. The lowest BCUT2D eigenvalue weighted by atomic mass is 9.47. The molecule has 0 aromatic heterocycles. The molecule has 2 nitrogen and oxygen atoms in total. The first-order chi connectivity index (χ1) is 12.8.